The van der Waals surface area contributed by atoms with Gasteiger partial charge in [0.25, 0.3) is 20.2 Å². The first-order valence-corrected chi connectivity index (χ1v) is 9.83. The third-order valence-electron chi connectivity index (χ3n) is 3.32. The molecule has 0 radical (unpaired) electrons. The van der Waals surface area contributed by atoms with Gasteiger partial charge in [0.2, 0.25) is 0 Å². The van der Waals surface area contributed by atoms with Crippen LogP contribution in [-0.2, 0) is 20.2 Å². The topological polar surface area (TPSA) is 158 Å². The van der Waals surface area contributed by atoms with Crippen LogP contribution in [0, 0.1) is 6.92 Å². The van der Waals surface area contributed by atoms with E-state index in [-0.39, 0.29) is 21.7 Å². The molecule has 2 aromatic carbocycles. The zero-order chi connectivity index (χ0) is 19.5. The lowest BCUT2D eigenvalue weighted by Crippen LogP contribution is -2.02. The molecule has 0 saturated heterocycles. The second-order valence-corrected chi connectivity index (χ2v) is 8.02. The van der Waals surface area contributed by atoms with Gasteiger partial charge in [-0.05, 0) is 41.3 Å². The highest BCUT2D eigenvalue weighted by atomic mass is 32.2. The summed E-state index contributed by atoms with van der Waals surface area (Å²) in [5.74, 6) is 0. The number of rotatable bonds is 5. The van der Waals surface area contributed by atoms with Crippen molar-refractivity contribution in [2.24, 2.45) is 5.11 Å². The van der Waals surface area contributed by atoms with Crippen molar-refractivity contribution in [2.45, 2.75) is 16.7 Å². The van der Waals surface area contributed by atoms with Crippen LogP contribution < -0.4 is 0 Å². The van der Waals surface area contributed by atoms with Crippen molar-refractivity contribution in [3.05, 3.63) is 63.5 Å². The van der Waals surface area contributed by atoms with Crippen LogP contribution in [-0.4, -0.2) is 25.9 Å². The van der Waals surface area contributed by atoms with Crippen LogP contribution >= 0.6 is 0 Å². The van der Waals surface area contributed by atoms with Crippen molar-refractivity contribution < 1.29 is 25.9 Å². The molecule has 2 aromatic rings. The van der Waals surface area contributed by atoms with Gasteiger partial charge in [0, 0.05) is 10.6 Å². The van der Waals surface area contributed by atoms with E-state index < -0.39 is 25.1 Å². The lowest BCUT2D eigenvalue weighted by molar-refractivity contribution is 0.480. The van der Waals surface area contributed by atoms with Crippen LogP contribution in [0.3, 0.4) is 0 Å². The Kier molecular flexibility index (Phi) is 5.50. The Balaban J connectivity index is 2.61. The maximum atomic E-state index is 11.5. The fourth-order valence-electron chi connectivity index (χ4n) is 2.18. The average molecular weight is 395 g/mol. The van der Waals surface area contributed by atoms with Gasteiger partial charge in [-0.3, -0.25) is 9.11 Å². The van der Waals surface area contributed by atoms with Gasteiger partial charge in [-0.15, -0.1) is 0 Å². The standard InChI is InChI=1S/C15H13N3O6S2/c1-10-2-3-11(14(8-10)25(19,20)21)4-5-12-6-7-13(17-18-16)9-15(12)26(22,23)24/h2-9H,1H3,(H,19,20,21)(H,22,23,24)/b5-4+. The van der Waals surface area contributed by atoms with E-state index in [1.165, 1.54) is 36.4 Å². The minimum Gasteiger partial charge on any atom is -0.282 e. The minimum absolute atomic E-state index is 0.0220. The number of hydrogen-bond donors (Lipinski definition) is 2. The summed E-state index contributed by atoms with van der Waals surface area (Å²) < 4.78 is 64.8. The first-order chi connectivity index (χ1) is 12.0. The summed E-state index contributed by atoms with van der Waals surface area (Å²) in [6, 6.07) is 7.91. The Hall–Kier alpha value is -2.69. The van der Waals surface area contributed by atoms with Crippen LogP contribution in [0.25, 0.3) is 22.6 Å². The molecule has 0 atom stereocenters. The number of aryl methyl sites for hydroxylation is 1. The molecule has 0 aliphatic heterocycles. The smallest absolute Gasteiger partial charge is 0.282 e. The van der Waals surface area contributed by atoms with Crippen LogP contribution in [0.15, 0.2) is 51.3 Å². The van der Waals surface area contributed by atoms with Gasteiger partial charge in [-0.25, -0.2) is 0 Å². The molecule has 0 spiro atoms. The molecule has 9 nitrogen and oxygen atoms in total. The molecule has 0 heterocycles. The molecule has 11 heteroatoms. The largest absolute Gasteiger partial charge is 0.295 e. The molecule has 0 aliphatic rings. The number of azide groups is 1. The number of nitrogens with zero attached hydrogens (tertiary/aromatic N) is 3. The van der Waals surface area contributed by atoms with Crippen molar-refractivity contribution in [3.8, 4) is 0 Å². The Bertz CT molecular complexity index is 1150. The fourth-order valence-corrected chi connectivity index (χ4v) is 3.65. The van der Waals surface area contributed by atoms with E-state index in [2.05, 4.69) is 10.0 Å². The summed E-state index contributed by atoms with van der Waals surface area (Å²) >= 11 is 0. The van der Waals surface area contributed by atoms with E-state index >= 15 is 0 Å². The molecule has 2 rings (SSSR count). The SMILES string of the molecule is Cc1ccc(/C=C/c2ccc(N=[N+]=[N-])cc2S(=O)(=O)O)c(S(=O)(=O)O)c1. The van der Waals surface area contributed by atoms with Gasteiger partial charge in [-0.1, -0.05) is 41.5 Å². The number of hydrogen-bond acceptors (Lipinski definition) is 5. The van der Waals surface area contributed by atoms with Crippen LogP contribution in [0.2, 0.25) is 0 Å². The predicted octanol–water partition coefficient (Wildman–Crippen LogP) is 3.60. The number of benzene rings is 2. The maximum Gasteiger partial charge on any atom is 0.295 e. The van der Waals surface area contributed by atoms with E-state index in [1.54, 1.807) is 13.0 Å². The second-order valence-electron chi connectivity index (χ2n) is 5.24. The Morgan fingerprint density at radius 3 is 1.92 bits per heavy atom. The van der Waals surface area contributed by atoms with Gasteiger partial charge in [0.1, 0.15) is 9.79 Å². The molecule has 2 N–H and O–H groups in total. The quantitative estimate of drug-likeness (QED) is 0.259. The van der Waals surface area contributed by atoms with Crippen LogP contribution in [0.4, 0.5) is 5.69 Å². The summed E-state index contributed by atoms with van der Waals surface area (Å²) in [7, 11) is -9.11. The molecule has 0 aliphatic carbocycles. The summed E-state index contributed by atoms with van der Waals surface area (Å²) in [6.45, 7) is 1.65. The summed E-state index contributed by atoms with van der Waals surface area (Å²) in [5.41, 5.74) is 9.15. The Morgan fingerprint density at radius 2 is 1.42 bits per heavy atom. The summed E-state index contributed by atoms with van der Waals surface area (Å²) in [5, 5.41) is 3.26. The maximum absolute atomic E-state index is 11.5. The van der Waals surface area contributed by atoms with Gasteiger partial charge >= 0.3 is 0 Å². The Labute approximate surface area is 149 Å². The molecule has 0 aromatic heterocycles. The molecule has 0 saturated carbocycles. The molecular formula is C15H13N3O6S2. The summed E-state index contributed by atoms with van der Waals surface area (Å²) in [6.07, 6.45) is 2.53. The van der Waals surface area contributed by atoms with E-state index in [1.807, 2.05) is 0 Å². The first kappa shape index (κ1) is 19.6. The van der Waals surface area contributed by atoms with Crippen molar-refractivity contribution in [2.75, 3.05) is 0 Å². The zero-order valence-corrected chi connectivity index (χ0v) is 14.9. The van der Waals surface area contributed by atoms with Gasteiger partial charge in [-0.2, -0.15) is 16.8 Å². The normalized spacial score (nSPS) is 12.1. The predicted molar refractivity (Wildman–Crippen MR) is 95.0 cm³/mol. The van der Waals surface area contributed by atoms with Gasteiger partial charge < -0.3 is 0 Å². The first-order valence-electron chi connectivity index (χ1n) is 6.95. The molecular weight excluding hydrogens is 382 g/mol. The average Bonchev–Trinajstić information content (AvgIpc) is 2.53. The Morgan fingerprint density at radius 1 is 0.923 bits per heavy atom. The van der Waals surface area contributed by atoms with E-state index in [4.69, 9.17) is 5.53 Å². The molecule has 0 unspecified atom stereocenters. The lowest BCUT2D eigenvalue weighted by Gasteiger charge is -2.06. The van der Waals surface area contributed by atoms with E-state index in [9.17, 15) is 25.9 Å². The molecule has 26 heavy (non-hydrogen) atoms. The van der Waals surface area contributed by atoms with Crippen LogP contribution in [0.5, 0.6) is 0 Å². The molecule has 0 bridgehead atoms. The van der Waals surface area contributed by atoms with Crippen molar-refractivity contribution in [1.82, 2.24) is 0 Å². The van der Waals surface area contributed by atoms with Gasteiger partial charge in [0.05, 0.1) is 0 Å². The lowest BCUT2D eigenvalue weighted by atomic mass is 10.1. The van der Waals surface area contributed by atoms with Gasteiger partial charge in [0.15, 0.2) is 0 Å². The zero-order valence-electron chi connectivity index (χ0n) is 13.3. The highest BCUT2D eigenvalue weighted by Gasteiger charge is 2.16. The van der Waals surface area contributed by atoms with Crippen molar-refractivity contribution in [1.29, 1.82) is 0 Å². The minimum atomic E-state index is -4.63. The second kappa shape index (κ2) is 7.28. The highest BCUT2D eigenvalue weighted by Crippen LogP contribution is 2.26. The molecule has 0 fully saturated rings. The van der Waals surface area contributed by atoms with E-state index in [0.29, 0.717) is 5.56 Å². The third kappa shape index (κ3) is 4.69. The highest BCUT2D eigenvalue weighted by molar-refractivity contribution is 7.86. The fraction of sp³-hybridized carbons (Fsp3) is 0.0667. The monoisotopic (exact) mass is 395 g/mol. The van der Waals surface area contributed by atoms with Crippen molar-refractivity contribution >= 4 is 38.1 Å². The molecule has 136 valence electrons. The summed E-state index contributed by atoms with van der Waals surface area (Å²) in [4.78, 5) is 1.68. The molecule has 0 amide bonds. The van der Waals surface area contributed by atoms with E-state index in [0.717, 1.165) is 6.07 Å². The third-order valence-corrected chi connectivity index (χ3v) is 5.14. The van der Waals surface area contributed by atoms with Crippen LogP contribution in [0.1, 0.15) is 16.7 Å². The van der Waals surface area contributed by atoms with Crippen molar-refractivity contribution in [3.63, 3.8) is 0 Å².